The second kappa shape index (κ2) is 15.7. The fourth-order valence-corrected chi connectivity index (χ4v) is 4.53. The van der Waals surface area contributed by atoms with Gasteiger partial charge >= 0.3 is 0 Å². The van der Waals surface area contributed by atoms with Crippen molar-refractivity contribution in [3.63, 3.8) is 0 Å². The van der Waals surface area contributed by atoms with E-state index < -0.39 is 6.04 Å². The molecule has 0 spiro atoms. The van der Waals surface area contributed by atoms with Gasteiger partial charge in [0.05, 0.1) is 13.2 Å². The number of hydrogen-bond acceptors (Lipinski definition) is 4. The highest BCUT2D eigenvalue weighted by Gasteiger charge is 2.30. The van der Waals surface area contributed by atoms with Crippen LogP contribution in [0, 0.1) is 6.92 Å². The fourth-order valence-electron chi connectivity index (χ4n) is 4.53. The topological polar surface area (TPSA) is 67.9 Å². The Kier molecular flexibility index (Phi) is 12.1. The second-order valence-corrected chi connectivity index (χ2v) is 10.2. The summed E-state index contributed by atoms with van der Waals surface area (Å²) in [6.45, 7) is 11.4. The Balaban J connectivity index is 1.90. The number of nitrogens with zero attached hydrogens (tertiary/aromatic N) is 1. The molecule has 0 radical (unpaired) electrons. The fraction of sp³-hybridized carbons (Fsp3) is 0.412. The average Bonchev–Trinajstić information content (AvgIpc) is 2.96. The van der Waals surface area contributed by atoms with Crippen molar-refractivity contribution in [1.29, 1.82) is 0 Å². The summed E-state index contributed by atoms with van der Waals surface area (Å²) in [5, 5.41) is 3.13. The normalized spacial score (nSPS) is 12.3. The second-order valence-electron chi connectivity index (χ2n) is 10.2. The number of amides is 2. The molecule has 0 aliphatic rings. The van der Waals surface area contributed by atoms with Gasteiger partial charge in [0.25, 0.3) is 0 Å². The number of nitrogens with one attached hydrogen (secondary N) is 1. The maximum Gasteiger partial charge on any atom is 0.243 e. The van der Waals surface area contributed by atoms with Gasteiger partial charge in [0.2, 0.25) is 11.8 Å². The molecule has 2 amide bonds. The molecule has 0 saturated carbocycles. The van der Waals surface area contributed by atoms with Crippen molar-refractivity contribution in [3.8, 4) is 11.5 Å². The van der Waals surface area contributed by atoms with E-state index in [1.54, 1.807) is 4.90 Å². The first-order valence-corrected chi connectivity index (χ1v) is 14.4. The summed E-state index contributed by atoms with van der Waals surface area (Å²) in [6.07, 6.45) is 2.06. The largest absolute Gasteiger partial charge is 0.490 e. The highest BCUT2D eigenvalue weighted by Crippen LogP contribution is 2.29. The SMILES string of the molecule is CCOc1ccc(CCC(=O)N(Cc2ccc(C)cc2)C(Cc2ccccc2)C(=O)NC(C)CC)cc1OCC. The van der Waals surface area contributed by atoms with E-state index in [4.69, 9.17) is 9.47 Å². The molecule has 0 heterocycles. The van der Waals surface area contributed by atoms with Crippen molar-refractivity contribution in [2.75, 3.05) is 13.2 Å². The predicted molar refractivity (Wildman–Crippen MR) is 161 cm³/mol. The van der Waals surface area contributed by atoms with Crippen LogP contribution in [0.3, 0.4) is 0 Å². The third-order valence-corrected chi connectivity index (χ3v) is 6.98. The van der Waals surface area contributed by atoms with Crippen molar-refractivity contribution >= 4 is 11.8 Å². The Hall–Kier alpha value is -3.80. The first-order chi connectivity index (χ1) is 19.3. The Morgan fingerprint density at radius 1 is 0.825 bits per heavy atom. The van der Waals surface area contributed by atoms with E-state index in [1.165, 1.54) is 0 Å². The summed E-state index contributed by atoms with van der Waals surface area (Å²) in [7, 11) is 0. The van der Waals surface area contributed by atoms with Crippen LogP contribution >= 0.6 is 0 Å². The molecule has 40 heavy (non-hydrogen) atoms. The van der Waals surface area contributed by atoms with Gasteiger partial charge in [-0.2, -0.15) is 0 Å². The minimum Gasteiger partial charge on any atom is -0.490 e. The highest BCUT2D eigenvalue weighted by molar-refractivity contribution is 5.88. The van der Waals surface area contributed by atoms with E-state index in [0.29, 0.717) is 44.1 Å². The lowest BCUT2D eigenvalue weighted by Crippen LogP contribution is -2.52. The highest BCUT2D eigenvalue weighted by atomic mass is 16.5. The summed E-state index contributed by atoms with van der Waals surface area (Å²) < 4.78 is 11.5. The lowest BCUT2D eigenvalue weighted by atomic mass is 10.0. The summed E-state index contributed by atoms with van der Waals surface area (Å²) in [5.41, 5.74) is 4.14. The zero-order valence-electron chi connectivity index (χ0n) is 24.6. The molecule has 1 N–H and O–H groups in total. The van der Waals surface area contributed by atoms with Crippen LogP contribution in [0.15, 0.2) is 72.8 Å². The molecule has 6 nitrogen and oxygen atoms in total. The smallest absolute Gasteiger partial charge is 0.243 e. The molecular weight excluding hydrogens is 500 g/mol. The lowest BCUT2D eigenvalue weighted by Gasteiger charge is -2.32. The molecule has 6 heteroatoms. The summed E-state index contributed by atoms with van der Waals surface area (Å²) in [6, 6.07) is 23.2. The van der Waals surface area contributed by atoms with Gasteiger partial charge in [-0.15, -0.1) is 0 Å². The van der Waals surface area contributed by atoms with Crippen molar-refractivity contribution in [1.82, 2.24) is 10.2 Å². The molecule has 2 unspecified atom stereocenters. The molecule has 0 aromatic heterocycles. The van der Waals surface area contributed by atoms with Gasteiger partial charge in [-0.3, -0.25) is 9.59 Å². The Morgan fingerprint density at radius 2 is 1.48 bits per heavy atom. The number of aryl methyl sites for hydroxylation is 2. The van der Waals surface area contributed by atoms with Gasteiger partial charge in [0, 0.05) is 25.4 Å². The van der Waals surface area contributed by atoms with Crippen LogP contribution in [0.2, 0.25) is 0 Å². The molecule has 0 saturated heterocycles. The average molecular weight is 545 g/mol. The minimum absolute atomic E-state index is 0.0166. The Bertz CT molecular complexity index is 1210. The summed E-state index contributed by atoms with van der Waals surface area (Å²) in [4.78, 5) is 29.4. The van der Waals surface area contributed by atoms with E-state index in [-0.39, 0.29) is 24.3 Å². The van der Waals surface area contributed by atoms with Crippen LogP contribution in [-0.4, -0.2) is 42.0 Å². The van der Waals surface area contributed by atoms with Crippen molar-refractivity contribution < 1.29 is 19.1 Å². The van der Waals surface area contributed by atoms with Crippen LogP contribution in [0.25, 0.3) is 0 Å². The van der Waals surface area contributed by atoms with Gasteiger partial charge in [0.1, 0.15) is 6.04 Å². The van der Waals surface area contributed by atoms with E-state index in [0.717, 1.165) is 28.7 Å². The predicted octanol–water partition coefficient (Wildman–Crippen LogP) is 6.28. The number of hydrogen-bond donors (Lipinski definition) is 1. The maximum absolute atomic E-state index is 13.9. The first-order valence-electron chi connectivity index (χ1n) is 14.4. The zero-order valence-corrected chi connectivity index (χ0v) is 24.6. The van der Waals surface area contributed by atoms with Crippen LogP contribution in [0.4, 0.5) is 0 Å². The van der Waals surface area contributed by atoms with Gasteiger partial charge in [0.15, 0.2) is 11.5 Å². The number of ether oxygens (including phenoxy) is 2. The first kappa shape index (κ1) is 30.7. The molecule has 3 rings (SSSR count). The monoisotopic (exact) mass is 544 g/mol. The summed E-state index contributed by atoms with van der Waals surface area (Å²) in [5.74, 6) is 1.19. The molecule has 0 aliphatic carbocycles. The number of benzene rings is 3. The van der Waals surface area contributed by atoms with Gasteiger partial charge in [-0.05, 0) is 69.4 Å². The molecule has 3 aromatic rings. The molecule has 0 fully saturated rings. The van der Waals surface area contributed by atoms with E-state index in [1.807, 2.05) is 107 Å². The lowest BCUT2D eigenvalue weighted by molar-refractivity contribution is -0.141. The van der Waals surface area contributed by atoms with Crippen LogP contribution in [0.1, 0.15) is 62.8 Å². The van der Waals surface area contributed by atoms with Gasteiger partial charge in [-0.1, -0.05) is 73.2 Å². The molecule has 3 aromatic carbocycles. The zero-order chi connectivity index (χ0) is 28.9. The van der Waals surface area contributed by atoms with E-state index in [2.05, 4.69) is 5.32 Å². The third-order valence-electron chi connectivity index (χ3n) is 6.98. The number of carbonyl (C=O) groups is 2. The van der Waals surface area contributed by atoms with Crippen LogP contribution < -0.4 is 14.8 Å². The van der Waals surface area contributed by atoms with Gasteiger partial charge in [-0.25, -0.2) is 0 Å². The maximum atomic E-state index is 13.9. The molecular formula is C34H44N2O4. The van der Waals surface area contributed by atoms with E-state index >= 15 is 0 Å². The Labute approximate surface area is 239 Å². The van der Waals surface area contributed by atoms with Crippen molar-refractivity contribution in [2.45, 2.75) is 78.9 Å². The van der Waals surface area contributed by atoms with Crippen molar-refractivity contribution in [2.24, 2.45) is 0 Å². The molecule has 2 atom stereocenters. The van der Waals surface area contributed by atoms with Gasteiger partial charge < -0.3 is 19.7 Å². The number of carbonyl (C=O) groups excluding carboxylic acids is 2. The van der Waals surface area contributed by atoms with Crippen molar-refractivity contribution in [3.05, 3.63) is 95.1 Å². The number of rotatable bonds is 15. The summed E-state index contributed by atoms with van der Waals surface area (Å²) >= 11 is 0. The molecule has 0 bridgehead atoms. The molecule has 214 valence electrons. The standard InChI is InChI=1S/C34H44N2O4/c1-6-26(5)35-34(38)30(22-27-12-10-9-11-13-27)36(24-29-16-14-25(4)15-17-29)33(37)21-19-28-18-20-31(39-7-2)32(23-28)40-8-3/h9-18,20,23,26,30H,6-8,19,21-22,24H2,1-5H3,(H,35,38). The van der Waals surface area contributed by atoms with Crippen LogP contribution in [-0.2, 0) is 29.0 Å². The third kappa shape index (κ3) is 9.15. The quantitative estimate of drug-likeness (QED) is 0.245. The molecule has 0 aliphatic heterocycles. The Morgan fingerprint density at radius 3 is 2.12 bits per heavy atom. The minimum atomic E-state index is -0.635. The van der Waals surface area contributed by atoms with E-state index in [9.17, 15) is 9.59 Å². The van der Waals surface area contributed by atoms with Crippen LogP contribution in [0.5, 0.6) is 11.5 Å².